The number of carboxylic acid groups (broad SMARTS) is 1. The summed E-state index contributed by atoms with van der Waals surface area (Å²) < 4.78 is 2.26. The van der Waals surface area contributed by atoms with Crippen molar-refractivity contribution < 1.29 is 14.5 Å². The number of nitrogens with zero attached hydrogens (tertiary/aromatic N) is 1. The van der Waals surface area contributed by atoms with Gasteiger partial charge >= 0.3 is 5.97 Å². The van der Waals surface area contributed by atoms with E-state index in [-0.39, 0.29) is 0 Å². The summed E-state index contributed by atoms with van der Waals surface area (Å²) in [6.07, 6.45) is 21.9. The molecule has 4 heteroatoms. The van der Waals surface area contributed by atoms with E-state index in [1.807, 2.05) is 24.7 Å². The number of H-pyrrole nitrogens is 1. The van der Waals surface area contributed by atoms with E-state index >= 15 is 0 Å². The molecule has 4 nitrogen and oxygen atoms in total. The predicted octanol–water partition coefficient (Wildman–Crippen LogP) is 6.66. The van der Waals surface area contributed by atoms with Gasteiger partial charge in [0, 0.05) is 0 Å². The second kappa shape index (κ2) is 14.0. The standard InChI is InChI=1S/C26H40N2O2/c1-3-5-6-7-8-9-10-11-12-13-24(28-19-18-27-21-28)17-16-23-15-14-22(4-2)20-25(23)26(29)30/h14-15,18-21,24H,3-13,16-17H2,1-2H3,(H,29,30)/p+1. The van der Waals surface area contributed by atoms with Crippen LogP contribution in [0.3, 0.4) is 0 Å². The summed E-state index contributed by atoms with van der Waals surface area (Å²) in [5, 5.41) is 9.62. The van der Waals surface area contributed by atoms with Crippen LogP contribution in [0, 0.1) is 0 Å². The number of aromatic nitrogens is 2. The Bertz CT molecular complexity index is 725. The minimum atomic E-state index is -0.815. The SMILES string of the molecule is CCCCCCCCCCCC(CCc1ccc(CC)cc1C(=O)O)[n+]1cc[nH]c1. The topological polar surface area (TPSA) is 57.0 Å². The zero-order chi connectivity index (χ0) is 21.6. The molecular weight excluding hydrogens is 372 g/mol. The zero-order valence-electron chi connectivity index (χ0n) is 19.0. The number of aryl methyl sites for hydroxylation is 2. The Hall–Kier alpha value is -2.10. The maximum atomic E-state index is 11.7. The van der Waals surface area contributed by atoms with E-state index in [4.69, 9.17) is 0 Å². The number of aromatic carboxylic acids is 1. The first-order valence-corrected chi connectivity index (χ1v) is 12.0. The van der Waals surface area contributed by atoms with Gasteiger partial charge in [-0.2, -0.15) is 0 Å². The molecule has 0 amide bonds. The van der Waals surface area contributed by atoms with Gasteiger partial charge in [0.25, 0.3) is 0 Å². The van der Waals surface area contributed by atoms with Gasteiger partial charge in [-0.05, 0) is 49.3 Å². The normalized spacial score (nSPS) is 12.2. The van der Waals surface area contributed by atoms with Crippen molar-refractivity contribution in [2.75, 3.05) is 0 Å². The molecule has 0 fully saturated rings. The fourth-order valence-electron chi connectivity index (χ4n) is 4.24. The average molecular weight is 414 g/mol. The van der Waals surface area contributed by atoms with Crippen LogP contribution in [-0.4, -0.2) is 16.1 Å². The van der Waals surface area contributed by atoms with E-state index in [1.165, 1.54) is 57.8 Å². The molecule has 30 heavy (non-hydrogen) atoms. The molecule has 2 N–H and O–H groups in total. The Kier molecular flexibility index (Phi) is 11.3. The van der Waals surface area contributed by atoms with Crippen LogP contribution in [-0.2, 0) is 12.8 Å². The van der Waals surface area contributed by atoms with Crippen LogP contribution in [0.5, 0.6) is 0 Å². The number of rotatable bonds is 16. The molecule has 2 rings (SSSR count). The number of imidazole rings is 1. The predicted molar refractivity (Wildman–Crippen MR) is 123 cm³/mol. The third-order valence-corrected chi connectivity index (χ3v) is 6.19. The molecule has 0 aliphatic rings. The van der Waals surface area contributed by atoms with Gasteiger partial charge in [-0.1, -0.05) is 77.3 Å². The summed E-state index contributed by atoms with van der Waals surface area (Å²) in [6.45, 7) is 4.33. The Morgan fingerprint density at radius 1 is 1.00 bits per heavy atom. The first-order valence-electron chi connectivity index (χ1n) is 12.0. The summed E-state index contributed by atoms with van der Waals surface area (Å²) in [5.41, 5.74) is 2.51. The van der Waals surface area contributed by atoms with Crippen molar-refractivity contribution in [1.29, 1.82) is 0 Å². The lowest BCUT2D eigenvalue weighted by molar-refractivity contribution is -0.723. The monoisotopic (exact) mass is 413 g/mol. The summed E-state index contributed by atoms with van der Waals surface area (Å²) in [4.78, 5) is 14.9. The first-order chi connectivity index (χ1) is 14.7. The van der Waals surface area contributed by atoms with Gasteiger partial charge in [0.15, 0.2) is 0 Å². The van der Waals surface area contributed by atoms with Crippen LogP contribution in [0.4, 0.5) is 0 Å². The summed E-state index contributed by atoms with van der Waals surface area (Å²) >= 11 is 0. The largest absolute Gasteiger partial charge is 0.478 e. The van der Waals surface area contributed by atoms with E-state index in [0.717, 1.165) is 36.8 Å². The second-order valence-corrected chi connectivity index (χ2v) is 8.52. The number of hydrogen-bond donors (Lipinski definition) is 2. The molecule has 1 aromatic carbocycles. The average Bonchev–Trinajstić information content (AvgIpc) is 3.29. The van der Waals surface area contributed by atoms with Crippen LogP contribution < -0.4 is 4.57 Å². The Morgan fingerprint density at radius 2 is 1.70 bits per heavy atom. The lowest BCUT2D eigenvalue weighted by atomic mass is 9.95. The lowest BCUT2D eigenvalue weighted by Gasteiger charge is -2.15. The van der Waals surface area contributed by atoms with Gasteiger partial charge in [0.1, 0.15) is 18.4 Å². The van der Waals surface area contributed by atoms with Gasteiger partial charge in [-0.15, -0.1) is 0 Å². The van der Waals surface area contributed by atoms with Crippen LogP contribution in [0.2, 0.25) is 0 Å². The molecule has 1 atom stereocenters. The molecule has 0 aliphatic heterocycles. The second-order valence-electron chi connectivity index (χ2n) is 8.52. The number of benzene rings is 1. The zero-order valence-corrected chi connectivity index (χ0v) is 19.0. The highest BCUT2D eigenvalue weighted by Gasteiger charge is 2.18. The van der Waals surface area contributed by atoms with Gasteiger partial charge < -0.3 is 5.11 Å². The molecule has 1 unspecified atom stereocenters. The van der Waals surface area contributed by atoms with Crippen LogP contribution in [0.25, 0.3) is 0 Å². The van der Waals surface area contributed by atoms with E-state index in [2.05, 4.69) is 35.7 Å². The summed E-state index contributed by atoms with van der Waals surface area (Å²) in [7, 11) is 0. The molecule has 0 saturated heterocycles. The van der Waals surface area contributed by atoms with E-state index in [1.54, 1.807) is 0 Å². The molecule has 0 radical (unpaired) electrons. The molecule has 1 aromatic heterocycles. The van der Waals surface area contributed by atoms with Crippen molar-refractivity contribution in [3.05, 3.63) is 53.6 Å². The van der Waals surface area contributed by atoms with Gasteiger partial charge in [-0.3, -0.25) is 4.98 Å². The number of hydrogen-bond acceptors (Lipinski definition) is 1. The Labute approximate surface area is 182 Å². The fourth-order valence-corrected chi connectivity index (χ4v) is 4.24. The number of nitrogens with one attached hydrogen (secondary N) is 1. The fraction of sp³-hybridized carbons (Fsp3) is 0.615. The third kappa shape index (κ3) is 8.33. The lowest BCUT2D eigenvalue weighted by Crippen LogP contribution is -2.37. The van der Waals surface area contributed by atoms with Crippen molar-refractivity contribution in [3.8, 4) is 0 Å². The smallest absolute Gasteiger partial charge is 0.335 e. The molecule has 0 saturated carbocycles. The number of carboxylic acids is 1. The molecule has 166 valence electrons. The highest BCUT2D eigenvalue weighted by molar-refractivity contribution is 5.89. The Morgan fingerprint density at radius 3 is 2.30 bits per heavy atom. The third-order valence-electron chi connectivity index (χ3n) is 6.19. The molecule has 0 bridgehead atoms. The minimum Gasteiger partial charge on any atom is -0.478 e. The summed E-state index contributed by atoms with van der Waals surface area (Å²) in [6, 6.07) is 6.34. The highest BCUT2D eigenvalue weighted by atomic mass is 16.4. The maximum absolute atomic E-state index is 11.7. The van der Waals surface area contributed by atoms with E-state index in [9.17, 15) is 9.90 Å². The van der Waals surface area contributed by atoms with Gasteiger partial charge in [0.05, 0.1) is 5.56 Å². The van der Waals surface area contributed by atoms with E-state index < -0.39 is 5.97 Å². The molecular formula is C26H41N2O2+. The molecule has 1 heterocycles. The van der Waals surface area contributed by atoms with Crippen LogP contribution >= 0.6 is 0 Å². The molecule has 0 aliphatic carbocycles. The summed E-state index contributed by atoms with van der Waals surface area (Å²) in [5.74, 6) is -0.815. The number of unbranched alkanes of at least 4 members (excludes halogenated alkanes) is 8. The van der Waals surface area contributed by atoms with Crippen molar-refractivity contribution in [3.63, 3.8) is 0 Å². The quantitative estimate of drug-likeness (QED) is 0.239. The number of aromatic amines is 1. The van der Waals surface area contributed by atoms with Gasteiger partial charge in [-0.25, -0.2) is 9.36 Å². The maximum Gasteiger partial charge on any atom is 0.335 e. The Balaban J connectivity index is 1.83. The van der Waals surface area contributed by atoms with Crippen molar-refractivity contribution in [1.82, 2.24) is 4.98 Å². The number of carbonyl (C=O) groups is 1. The van der Waals surface area contributed by atoms with Crippen molar-refractivity contribution >= 4 is 5.97 Å². The molecule has 2 aromatic rings. The van der Waals surface area contributed by atoms with Crippen molar-refractivity contribution in [2.45, 2.75) is 103 Å². The molecule has 0 spiro atoms. The van der Waals surface area contributed by atoms with Crippen LogP contribution in [0.15, 0.2) is 36.9 Å². The first kappa shape index (κ1) is 24.2. The van der Waals surface area contributed by atoms with Crippen LogP contribution in [0.1, 0.15) is 112 Å². The highest BCUT2D eigenvalue weighted by Crippen LogP contribution is 2.21. The minimum absolute atomic E-state index is 0.410. The van der Waals surface area contributed by atoms with E-state index in [0.29, 0.717) is 11.6 Å². The van der Waals surface area contributed by atoms with Crippen molar-refractivity contribution in [2.24, 2.45) is 0 Å². The van der Waals surface area contributed by atoms with Gasteiger partial charge in [0.2, 0.25) is 6.33 Å².